The van der Waals surface area contributed by atoms with Gasteiger partial charge in [-0.25, -0.2) is 9.80 Å². The maximum Gasteiger partial charge on any atom is 0.351 e. The number of carbonyl (C=O) groups is 1. The molecular weight excluding hydrogens is 190 g/mol. The predicted molar refractivity (Wildman–Crippen MR) is 54.5 cm³/mol. The Morgan fingerprint density at radius 1 is 1.77 bits per heavy atom. The van der Waals surface area contributed by atoms with Gasteiger partial charge in [-0.3, -0.25) is 0 Å². The van der Waals surface area contributed by atoms with E-state index in [4.69, 9.17) is 12.2 Å². The van der Waals surface area contributed by atoms with Crippen molar-refractivity contribution in [3.63, 3.8) is 0 Å². The van der Waals surface area contributed by atoms with Crippen molar-refractivity contribution in [2.24, 2.45) is 5.10 Å². The molecule has 0 saturated carbocycles. The Hall–Kier alpha value is -1.17. The van der Waals surface area contributed by atoms with Gasteiger partial charge in [-0.15, -0.1) is 0 Å². The molecule has 0 amide bonds. The Morgan fingerprint density at radius 2 is 2.38 bits per heavy atom. The highest BCUT2D eigenvalue weighted by Gasteiger charge is 1.99. The van der Waals surface area contributed by atoms with Crippen LogP contribution in [-0.4, -0.2) is 43.0 Å². The number of hydrogen-bond acceptors (Lipinski definition) is 4. The molecule has 0 radical (unpaired) electrons. The van der Waals surface area contributed by atoms with Crippen molar-refractivity contribution < 1.29 is 9.53 Å². The van der Waals surface area contributed by atoms with Crippen molar-refractivity contribution >= 4 is 29.5 Å². The van der Waals surface area contributed by atoms with Crippen LogP contribution in [0.15, 0.2) is 5.10 Å². The molecule has 0 aliphatic rings. The Bertz CT molecular complexity index is 218. The van der Waals surface area contributed by atoms with Crippen LogP contribution in [0.3, 0.4) is 0 Å². The zero-order chi connectivity index (χ0) is 10.3. The maximum absolute atomic E-state index is 10.8. The molecule has 5 nitrogen and oxygen atoms in total. The van der Waals surface area contributed by atoms with Gasteiger partial charge >= 0.3 is 5.97 Å². The van der Waals surface area contributed by atoms with Crippen molar-refractivity contribution in [3.05, 3.63) is 0 Å². The lowest BCUT2D eigenvalue weighted by molar-refractivity contribution is -0.134. The minimum Gasteiger partial charge on any atom is -0.462 e. The molecule has 6 heteroatoms. The zero-order valence-corrected chi connectivity index (χ0v) is 8.72. The summed E-state index contributed by atoms with van der Waals surface area (Å²) in [6, 6.07) is 0. The fraction of sp³-hybridized carbons (Fsp3) is 0.571. The third kappa shape index (κ3) is 5.13. The standard InChI is InChI=1S/C7H13N3O2S/c1-4-12-6(11)5-9-10(3)7(13)8-2/h5H,4H2,1-3H3,(H,8,13)/b9-5+. The summed E-state index contributed by atoms with van der Waals surface area (Å²) < 4.78 is 4.63. The highest BCUT2D eigenvalue weighted by molar-refractivity contribution is 7.80. The summed E-state index contributed by atoms with van der Waals surface area (Å²) >= 11 is 4.84. The van der Waals surface area contributed by atoms with Crippen LogP contribution in [-0.2, 0) is 9.53 Å². The van der Waals surface area contributed by atoms with Crippen LogP contribution in [0.2, 0.25) is 0 Å². The van der Waals surface area contributed by atoms with Gasteiger partial charge in [-0.2, -0.15) is 5.10 Å². The minimum atomic E-state index is -0.478. The summed E-state index contributed by atoms with van der Waals surface area (Å²) in [4.78, 5) is 10.8. The van der Waals surface area contributed by atoms with E-state index in [1.165, 1.54) is 5.01 Å². The van der Waals surface area contributed by atoms with E-state index < -0.39 is 5.97 Å². The van der Waals surface area contributed by atoms with E-state index in [9.17, 15) is 4.79 Å². The quantitative estimate of drug-likeness (QED) is 0.302. The second kappa shape index (κ2) is 6.36. The van der Waals surface area contributed by atoms with Crippen molar-refractivity contribution in [2.45, 2.75) is 6.92 Å². The van der Waals surface area contributed by atoms with E-state index in [0.717, 1.165) is 6.21 Å². The molecule has 0 heterocycles. The molecule has 74 valence electrons. The topological polar surface area (TPSA) is 53.9 Å². The van der Waals surface area contributed by atoms with E-state index in [0.29, 0.717) is 11.7 Å². The number of carbonyl (C=O) groups excluding carboxylic acids is 1. The normalized spacial score (nSPS) is 9.77. The zero-order valence-electron chi connectivity index (χ0n) is 7.90. The lowest BCUT2D eigenvalue weighted by atomic mass is 10.7. The van der Waals surface area contributed by atoms with Crippen molar-refractivity contribution in [1.29, 1.82) is 0 Å². The van der Waals surface area contributed by atoms with Crippen LogP contribution in [0.5, 0.6) is 0 Å². The molecule has 0 fully saturated rings. The number of hydrogen-bond donors (Lipinski definition) is 1. The molecule has 0 atom stereocenters. The Balaban J connectivity index is 3.96. The number of rotatable bonds is 3. The largest absolute Gasteiger partial charge is 0.462 e. The molecule has 0 spiro atoms. The molecule has 0 bridgehead atoms. The molecule has 0 aliphatic heterocycles. The molecule has 0 aromatic heterocycles. The van der Waals surface area contributed by atoms with Gasteiger partial charge in [0.1, 0.15) is 6.21 Å². The van der Waals surface area contributed by atoms with Gasteiger partial charge in [0, 0.05) is 14.1 Å². The average Bonchev–Trinajstić information content (AvgIpc) is 2.13. The maximum atomic E-state index is 10.8. The van der Waals surface area contributed by atoms with Gasteiger partial charge in [0.2, 0.25) is 0 Å². The van der Waals surface area contributed by atoms with Gasteiger partial charge in [0.25, 0.3) is 0 Å². The molecule has 0 rings (SSSR count). The Morgan fingerprint density at radius 3 is 2.85 bits per heavy atom. The van der Waals surface area contributed by atoms with Crippen molar-refractivity contribution in [1.82, 2.24) is 10.3 Å². The SMILES string of the molecule is CCOC(=O)/C=N/N(C)C(=S)NC. The fourth-order valence-corrected chi connectivity index (χ4v) is 0.575. The lowest BCUT2D eigenvalue weighted by Gasteiger charge is -2.11. The highest BCUT2D eigenvalue weighted by Crippen LogP contribution is 1.84. The van der Waals surface area contributed by atoms with Gasteiger partial charge in [0.05, 0.1) is 6.61 Å². The summed E-state index contributed by atoms with van der Waals surface area (Å²) in [5, 5.41) is 8.25. The first kappa shape index (κ1) is 11.8. The summed E-state index contributed by atoms with van der Waals surface area (Å²) in [5.74, 6) is -0.478. The molecular formula is C7H13N3O2S. The first-order chi connectivity index (χ1) is 6.11. The van der Waals surface area contributed by atoms with Gasteiger partial charge in [0.15, 0.2) is 5.11 Å². The molecule has 13 heavy (non-hydrogen) atoms. The lowest BCUT2D eigenvalue weighted by Crippen LogP contribution is -2.31. The first-order valence-electron chi connectivity index (χ1n) is 3.78. The third-order valence-electron chi connectivity index (χ3n) is 1.13. The van der Waals surface area contributed by atoms with E-state index in [2.05, 4.69) is 15.2 Å². The summed E-state index contributed by atoms with van der Waals surface area (Å²) in [7, 11) is 3.31. The van der Waals surface area contributed by atoms with E-state index in [1.807, 2.05) is 0 Å². The van der Waals surface area contributed by atoms with Crippen LogP contribution in [0.1, 0.15) is 6.92 Å². The van der Waals surface area contributed by atoms with Crippen LogP contribution >= 0.6 is 12.2 Å². The van der Waals surface area contributed by atoms with Gasteiger partial charge in [-0.05, 0) is 19.1 Å². The monoisotopic (exact) mass is 203 g/mol. The van der Waals surface area contributed by atoms with Crippen molar-refractivity contribution in [3.8, 4) is 0 Å². The molecule has 1 N–H and O–H groups in total. The number of hydrazone groups is 1. The number of nitrogens with zero attached hydrogens (tertiary/aromatic N) is 2. The second-order valence-electron chi connectivity index (χ2n) is 2.08. The summed E-state index contributed by atoms with van der Waals surface area (Å²) in [6.45, 7) is 2.07. The Kier molecular flexibility index (Phi) is 5.79. The number of esters is 1. The Labute approximate surface area is 82.7 Å². The minimum absolute atomic E-state index is 0.338. The first-order valence-corrected chi connectivity index (χ1v) is 4.18. The van der Waals surface area contributed by atoms with Gasteiger partial charge < -0.3 is 10.1 Å². The smallest absolute Gasteiger partial charge is 0.351 e. The second-order valence-corrected chi connectivity index (χ2v) is 2.46. The average molecular weight is 203 g/mol. The third-order valence-corrected chi connectivity index (χ3v) is 1.60. The van der Waals surface area contributed by atoms with Gasteiger partial charge in [-0.1, -0.05) is 0 Å². The van der Waals surface area contributed by atoms with E-state index in [1.54, 1.807) is 21.0 Å². The predicted octanol–water partition coefficient (Wildman–Crippen LogP) is -0.0286. The summed E-state index contributed by atoms with van der Waals surface area (Å²) in [6.07, 6.45) is 1.08. The van der Waals surface area contributed by atoms with Crippen molar-refractivity contribution in [2.75, 3.05) is 20.7 Å². The number of nitrogens with one attached hydrogen (secondary N) is 1. The fourth-order valence-electron chi connectivity index (χ4n) is 0.528. The van der Waals surface area contributed by atoms with E-state index in [-0.39, 0.29) is 0 Å². The molecule has 0 saturated heterocycles. The molecule has 0 unspecified atom stereocenters. The number of thiocarbonyl (C=S) groups is 1. The van der Waals surface area contributed by atoms with Crippen LogP contribution in [0.4, 0.5) is 0 Å². The molecule has 0 aromatic rings. The van der Waals surface area contributed by atoms with E-state index >= 15 is 0 Å². The van der Waals surface area contributed by atoms with Crippen LogP contribution in [0.25, 0.3) is 0 Å². The van der Waals surface area contributed by atoms with Crippen LogP contribution in [0, 0.1) is 0 Å². The van der Waals surface area contributed by atoms with Crippen LogP contribution < -0.4 is 5.32 Å². The number of ether oxygens (including phenoxy) is 1. The molecule has 0 aliphatic carbocycles. The molecule has 0 aromatic carbocycles. The highest BCUT2D eigenvalue weighted by atomic mass is 32.1. The summed E-state index contributed by atoms with van der Waals surface area (Å²) in [5.41, 5.74) is 0.